The molecule has 0 saturated heterocycles. The van der Waals surface area contributed by atoms with Crippen molar-refractivity contribution in [3.63, 3.8) is 0 Å². The highest BCUT2D eigenvalue weighted by molar-refractivity contribution is 6.04. The summed E-state index contributed by atoms with van der Waals surface area (Å²) in [5, 5.41) is 2.81. The fourth-order valence-corrected chi connectivity index (χ4v) is 3.51. The summed E-state index contributed by atoms with van der Waals surface area (Å²) in [5.74, 6) is 0.573. The second-order valence-electron chi connectivity index (χ2n) is 7.49. The zero-order valence-electron chi connectivity index (χ0n) is 17.6. The Morgan fingerprint density at radius 3 is 2.56 bits per heavy atom. The van der Waals surface area contributed by atoms with Crippen LogP contribution in [0.5, 0.6) is 11.5 Å². The molecule has 0 saturated carbocycles. The molecule has 3 aromatic carbocycles. The lowest BCUT2D eigenvalue weighted by Gasteiger charge is -2.20. The predicted octanol–water partition coefficient (Wildman–Crippen LogP) is 4.05. The highest BCUT2D eigenvalue weighted by atomic mass is 19.1. The van der Waals surface area contributed by atoms with Crippen molar-refractivity contribution in [2.45, 2.75) is 13.0 Å². The first-order chi connectivity index (χ1) is 15.5. The van der Waals surface area contributed by atoms with Crippen LogP contribution in [0.25, 0.3) is 0 Å². The Morgan fingerprint density at radius 1 is 1.09 bits per heavy atom. The zero-order valence-corrected chi connectivity index (χ0v) is 17.6. The largest absolute Gasteiger partial charge is 0.497 e. The SMILES string of the molecule is COc1ccc(CCN2Cc3cc(NC(=O)c4ccc(F)cc4)ccc3OCC2=O)cc1. The summed E-state index contributed by atoms with van der Waals surface area (Å²) in [4.78, 5) is 26.8. The lowest BCUT2D eigenvalue weighted by atomic mass is 10.1. The van der Waals surface area contributed by atoms with Gasteiger partial charge < -0.3 is 19.7 Å². The number of benzene rings is 3. The first kappa shape index (κ1) is 21.4. The number of halogens is 1. The molecule has 4 rings (SSSR count). The molecule has 7 heteroatoms. The Balaban J connectivity index is 1.45. The van der Waals surface area contributed by atoms with Crippen molar-refractivity contribution in [3.8, 4) is 11.5 Å². The van der Waals surface area contributed by atoms with Crippen molar-refractivity contribution in [2.24, 2.45) is 0 Å². The fraction of sp³-hybridized carbons (Fsp3) is 0.200. The van der Waals surface area contributed by atoms with Crippen molar-refractivity contribution < 1.29 is 23.5 Å². The number of methoxy groups -OCH3 is 1. The van der Waals surface area contributed by atoms with Gasteiger partial charge in [-0.2, -0.15) is 0 Å². The van der Waals surface area contributed by atoms with Gasteiger partial charge in [-0.05, 0) is 66.6 Å². The van der Waals surface area contributed by atoms with Gasteiger partial charge in [-0.25, -0.2) is 4.39 Å². The number of carbonyl (C=O) groups is 2. The minimum absolute atomic E-state index is 0.0309. The second kappa shape index (κ2) is 9.51. The van der Waals surface area contributed by atoms with Gasteiger partial charge in [0.25, 0.3) is 11.8 Å². The van der Waals surface area contributed by atoms with E-state index in [4.69, 9.17) is 9.47 Å². The number of amides is 2. The Kier molecular flexibility index (Phi) is 6.35. The summed E-state index contributed by atoms with van der Waals surface area (Å²) < 4.78 is 23.9. The molecule has 0 fully saturated rings. The Labute approximate surface area is 185 Å². The van der Waals surface area contributed by atoms with Crippen LogP contribution in [-0.4, -0.2) is 37.0 Å². The summed E-state index contributed by atoms with van der Waals surface area (Å²) in [6.07, 6.45) is 0.700. The van der Waals surface area contributed by atoms with E-state index in [1.807, 2.05) is 24.3 Å². The molecule has 1 aliphatic rings. The first-order valence-corrected chi connectivity index (χ1v) is 10.2. The van der Waals surface area contributed by atoms with Gasteiger partial charge in [0.15, 0.2) is 6.61 Å². The van der Waals surface area contributed by atoms with Crippen LogP contribution in [0.2, 0.25) is 0 Å². The molecule has 1 aliphatic heterocycles. The van der Waals surface area contributed by atoms with Crippen molar-refractivity contribution in [1.29, 1.82) is 0 Å². The summed E-state index contributed by atoms with van der Waals surface area (Å²) in [6.45, 7) is 0.890. The normalized spacial score (nSPS) is 13.1. The van der Waals surface area contributed by atoms with E-state index in [1.165, 1.54) is 24.3 Å². The number of carbonyl (C=O) groups excluding carboxylic acids is 2. The molecule has 164 valence electrons. The van der Waals surface area contributed by atoms with Crippen LogP contribution in [0.1, 0.15) is 21.5 Å². The Bertz CT molecular complexity index is 1110. The molecule has 0 aliphatic carbocycles. The topological polar surface area (TPSA) is 67.9 Å². The van der Waals surface area contributed by atoms with Gasteiger partial charge in [0.2, 0.25) is 0 Å². The van der Waals surface area contributed by atoms with Crippen LogP contribution in [0.4, 0.5) is 10.1 Å². The van der Waals surface area contributed by atoms with Gasteiger partial charge in [-0.15, -0.1) is 0 Å². The van der Waals surface area contributed by atoms with Crippen LogP contribution < -0.4 is 14.8 Å². The monoisotopic (exact) mass is 434 g/mol. The van der Waals surface area contributed by atoms with Crippen LogP contribution >= 0.6 is 0 Å². The molecule has 0 bridgehead atoms. The minimum Gasteiger partial charge on any atom is -0.497 e. The van der Waals surface area contributed by atoms with E-state index in [9.17, 15) is 14.0 Å². The molecule has 1 N–H and O–H groups in total. The van der Waals surface area contributed by atoms with Crippen LogP contribution in [0, 0.1) is 5.82 Å². The highest BCUT2D eigenvalue weighted by Gasteiger charge is 2.22. The molecular formula is C25H23FN2O4. The highest BCUT2D eigenvalue weighted by Crippen LogP contribution is 2.27. The first-order valence-electron chi connectivity index (χ1n) is 10.2. The molecule has 2 amide bonds. The van der Waals surface area contributed by atoms with Gasteiger partial charge in [-0.1, -0.05) is 12.1 Å². The van der Waals surface area contributed by atoms with Crippen molar-refractivity contribution in [2.75, 3.05) is 25.6 Å². The van der Waals surface area contributed by atoms with Gasteiger partial charge >= 0.3 is 0 Å². The maximum atomic E-state index is 13.1. The lowest BCUT2D eigenvalue weighted by molar-refractivity contribution is -0.133. The third kappa shape index (κ3) is 5.06. The number of ether oxygens (including phenoxy) is 2. The smallest absolute Gasteiger partial charge is 0.260 e. The molecular weight excluding hydrogens is 411 g/mol. The van der Waals surface area contributed by atoms with Crippen LogP contribution in [-0.2, 0) is 17.8 Å². The molecule has 0 atom stereocenters. The van der Waals surface area contributed by atoms with E-state index < -0.39 is 5.82 Å². The van der Waals surface area contributed by atoms with Crippen molar-refractivity contribution >= 4 is 17.5 Å². The van der Waals surface area contributed by atoms with Crippen molar-refractivity contribution in [3.05, 3.63) is 89.2 Å². The molecule has 6 nitrogen and oxygen atoms in total. The zero-order chi connectivity index (χ0) is 22.5. The van der Waals surface area contributed by atoms with E-state index in [0.717, 1.165) is 16.9 Å². The number of hydrogen-bond acceptors (Lipinski definition) is 4. The Hall–Kier alpha value is -3.87. The Morgan fingerprint density at radius 2 is 1.84 bits per heavy atom. The number of hydrogen-bond donors (Lipinski definition) is 1. The number of anilines is 1. The van der Waals surface area contributed by atoms with Crippen LogP contribution in [0.3, 0.4) is 0 Å². The van der Waals surface area contributed by atoms with Gasteiger partial charge in [-0.3, -0.25) is 9.59 Å². The third-order valence-corrected chi connectivity index (χ3v) is 5.32. The molecule has 3 aromatic rings. The summed E-state index contributed by atoms with van der Waals surface area (Å²) >= 11 is 0. The number of nitrogens with zero attached hydrogens (tertiary/aromatic N) is 1. The molecule has 32 heavy (non-hydrogen) atoms. The summed E-state index contributed by atoms with van der Waals surface area (Å²) in [6, 6.07) is 18.4. The number of nitrogens with one attached hydrogen (secondary N) is 1. The molecule has 0 unspecified atom stereocenters. The van der Waals surface area contributed by atoms with E-state index in [-0.39, 0.29) is 18.4 Å². The minimum atomic E-state index is -0.400. The van der Waals surface area contributed by atoms with Crippen molar-refractivity contribution in [1.82, 2.24) is 4.90 Å². The van der Waals surface area contributed by atoms with Gasteiger partial charge in [0.05, 0.1) is 7.11 Å². The predicted molar refractivity (Wildman–Crippen MR) is 118 cm³/mol. The summed E-state index contributed by atoms with van der Waals surface area (Å²) in [5.41, 5.74) is 2.84. The molecule has 0 aromatic heterocycles. The fourth-order valence-electron chi connectivity index (χ4n) is 3.51. The lowest BCUT2D eigenvalue weighted by Crippen LogP contribution is -2.34. The average Bonchev–Trinajstić information content (AvgIpc) is 2.96. The summed E-state index contributed by atoms with van der Waals surface area (Å²) in [7, 11) is 1.62. The van der Waals surface area contributed by atoms with Gasteiger partial charge in [0, 0.05) is 29.9 Å². The quantitative estimate of drug-likeness (QED) is 0.636. The number of rotatable bonds is 6. The standard InChI is InChI=1S/C25H23FN2O4/c1-31-22-9-2-17(3-10-22)12-13-28-15-19-14-21(8-11-23(19)32-16-24(28)29)27-25(30)18-4-6-20(26)7-5-18/h2-11,14H,12-13,15-16H2,1H3,(H,27,30). The maximum absolute atomic E-state index is 13.1. The maximum Gasteiger partial charge on any atom is 0.260 e. The van der Waals surface area contributed by atoms with Crippen LogP contribution in [0.15, 0.2) is 66.7 Å². The molecule has 0 radical (unpaired) electrons. The van der Waals surface area contributed by atoms with E-state index >= 15 is 0 Å². The van der Waals surface area contributed by atoms with E-state index in [2.05, 4.69) is 5.32 Å². The number of fused-ring (bicyclic) bond motifs is 1. The third-order valence-electron chi connectivity index (χ3n) is 5.32. The average molecular weight is 434 g/mol. The van der Waals surface area contributed by atoms with E-state index in [0.29, 0.717) is 36.5 Å². The molecule has 0 spiro atoms. The van der Waals surface area contributed by atoms with Gasteiger partial charge in [0.1, 0.15) is 17.3 Å². The molecule has 1 heterocycles. The van der Waals surface area contributed by atoms with E-state index in [1.54, 1.807) is 30.2 Å². The second-order valence-corrected chi connectivity index (χ2v) is 7.49.